The molecule has 10 aromatic rings. The van der Waals surface area contributed by atoms with Crippen molar-refractivity contribution in [1.82, 2.24) is 4.57 Å². The van der Waals surface area contributed by atoms with Gasteiger partial charge in [0.2, 0.25) is 0 Å². The highest BCUT2D eigenvalue weighted by atomic mass is 16.3. The van der Waals surface area contributed by atoms with Crippen molar-refractivity contribution >= 4 is 71.2 Å². The van der Waals surface area contributed by atoms with E-state index < -0.39 is 0 Å². The maximum Gasteiger partial charge on any atom is 0.135 e. The summed E-state index contributed by atoms with van der Waals surface area (Å²) in [7, 11) is 0. The van der Waals surface area contributed by atoms with Gasteiger partial charge in [-0.25, -0.2) is 0 Å². The summed E-state index contributed by atoms with van der Waals surface area (Å²) in [5.41, 5.74) is 10.7. The van der Waals surface area contributed by atoms with Crippen LogP contribution in [0.5, 0.6) is 0 Å². The molecule has 0 bridgehead atoms. The first-order valence-corrected chi connectivity index (χ1v) is 17.4. The van der Waals surface area contributed by atoms with Crippen LogP contribution in [-0.4, -0.2) is 4.57 Å². The minimum Gasteiger partial charge on any atom is -0.456 e. The van der Waals surface area contributed by atoms with Gasteiger partial charge in [-0.05, 0) is 110 Å². The lowest BCUT2D eigenvalue weighted by atomic mass is 9.86. The van der Waals surface area contributed by atoms with Crippen molar-refractivity contribution in [3.05, 3.63) is 181 Å². The van der Waals surface area contributed by atoms with Crippen LogP contribution in [0.4, 0.5) is 0 Å². The fourth-order valence-electron chi connectivity index (χ4n) is 8.60. The molecule has 11 rings (SSSR count). The van der Waals surface area contributed by atoms with E-state index in [0.717, 1.165) is 17.6 Å². The number of furan rings is 1. The molecule has 0 fully saturated rings. The number of nitrogens with zero attached hydrogens (tertiary/aromatic N) is 1. The first kappa shape index (κ1) is 27.6. The normalized spacial score (nSPS) is 14.4. The molecule has 1 unspecified atom stereocenters. The van der Waals surface area contributed by atoms with Gasteiger partial charge in [0.15, 0.2) is 0 Å². The standard InChI is InChI=1S/C48H31NO/c1-2-14-37-35(12-1)36-13-3-4-15-38(36)42-27-31(20-23-39(37)42)30-10-9-11-34(26-30)49-45-18-7-5-16-40(45)43-28-32(21-24-46(43)49)33-22-25-48-44(29-33)41-17-6-8-19-47(41)50-48/h1-27,29,32H,28H2. The van der Waals surface area contributed by atoms with Crippen LogP contribution in [0.1, 0.15) is 22.7 Å². The Balaban J connectivity index is 1.03. The van der Waals surface area contributed by atoms with Crippen molar-refractivity contribution in [1.29, 1.82) is 0 Å². The van der Waals surface area contributed by atoms with Crippen molar-refractivity contribution in [2.24, 2.45) is 0 Å². The first-order valence-electron chi connectivity index (χ1n) is 17.4. The maximum atomic E-state index is 6.14. The van der Waals surface area contributed by atoms with Gasteiger partial charge < -0.3 is 8.98 Å². The number of para-hydroxylation sites is 2. The molecule has 0 N–H and O–H groups in total. The molecule has 2 heterocycles. The monoisotopic (exact) mass is 637 g/mol. The lowest BCUT2D eigenvalue weighted by Gasteiger charge is -2.20. The van der Waals surface area contributed by atoms with Crippen LogP contribution in [0.25, 0.3) is 88.0 Å². The molecule has 1 aliphatic carbocycles. The van der Waals surface area contributed by atoms with E-state index >= 15 is 0 Å². The van der Waals surface area contributed by atoms with E-state index in [0.29, 0.717) is 0 Å². The van der Waals surface area contributed by atoms with Gasteiger partial charge in [-0.15, -0.1) is 0 Å². The molecule has 0 amide bonds. The summed E-state index contributed by atoms with van der Waals surface area (Å²) in [5.74, 6) is 0.287. The number of fused-ring (bicyclic) bond motifs is 12. The number of allylic oxidation sites excluding steroid dienone is 1. The molecular weight excluding hydrogens is 607 g/mol. The second-order valence-corrected chi connectivity index (χ2v) is 13.6. The van der Waals surface area contributed by atoms with E-state index in [2.05, 4.69) is 168 Å². The molecule has 1 atom stereocenters. The predicted molar refractivity (Wildman–Crippen MR) is 210 cm³/mol. The van der Waals surface area contributed by atoms with Gasteiger partial charge >= 0.3 is 0 Å². The average molecular weight is 638 g/mol. The highest BCUT2D eigenvalue weighted by molar-refractivity contribution is 6.25. The Morgan fingerprint density at radius 2 is 1.10 bits per heavy atom. The molecule has 0 saturated carbocycles. The zero-order valence-corrected chi connectivity index (χ0v) is 27.3. The molecule has 2 nitrogen and oxygen atoms in total. The summed E-state index contributed by atoms with van der Waals surface area (Å²) >= 11 is 0. The van der Waals surface area contributed by atoms with Crippen LogP contribution in [-0.2, 0) is 6.42 Å². The lowest BCUT2D eigenvalue weighted by molar-refractivity contribution is 0.668. The van der Waals surface area contributed by atoms with Gasteiger partial charge in [0.25, 0.3) is 0 Å². The third kappa shape index (κ3) is 4.02. The van der Waals surface area contributed by atoms with Crippen molar-refractivity contribution < 1.29 is 4.42 Å². The summed E-state index contributed by atoms with van der Waals surface area (Å²) in [4.78, 5) is 0. The molecule has 0 saturated heterocycles. The molecule has 234 valence electrons. The molecule has 0 aliphatic heterocycles. The second-order valence-electron chi connectivity index (χ2n) is 13.6. The van der Waals surface area contributed by atoms with Gasteiger partial charge in [-0.2, -0.15) is 0 Å². The molecule has 8 aromatic carbocycles. The average Bonchev–Trinajstić information content (AvgIpc) is 3.73. The summed E-state index contributed by atoms with van der Waals surface area (Å²) < 4.78 is 8.59. The maximum absolute atomic E-state index is 6.14. The molecule has 50 heavy (non-hydrogen) atoms. The van der Waals surface area contributed by atoms with Crippen molar-refractivity contribution in [2.45, 2.75) is 12.3 Å². The Kier molecular flexibility index (Phi) is 5.82. The van der Waals surface area contributed by atoms with Gasteiger partial charge in [0.1, 0.15) is 11.2 Å². The van der Waals surface area contributed by atoms with E-state index in [-0.39, 0.29) is 5.92 Å². The molecule has 2 heteroatoms. The fourth-order valence-corrected chi connectivity index (χ4v) is 8.60. The van der Waals surface area contributed by atoms with Crippen LogP contribution in [0.3, 0.4) is 0 Å². The molecule has 2 aromatic heterocycles. The van der Waals surface area contributed by atoms with Gasteiger partial charge in [-0.3, -0.25) is 0 Å². The number of benzene rings is 8. The SMILES string of the molecule is C1=CC(c2ccc3oc4ccccc4c3c2)Cc2c1n(-c1cccc(-c3ccc4c5ccccc5c5ccccc5c4c3)c1)c1ccccc21. The van der Waals surface area contributed by atoms with E-state index in [1.54, 1.807) is 0 Å². The highest BCUT2D eigenvalue weighted by Crippen LogP contribution is 2.41. The Labute approximate surface area is 289 Å². The van der Waals surface area contributed by atoms with Gasteiger partial charge in [-0.1, -0.05) is 121 Å². The molecule has 1 aliphatic rings. The predicted octanol–water partition coefficient (Wildman–Crippen LogP) is 13.0. The summed E-state index contributed by atoms with van der Waals surface area (Å²) in [6.07, 6.45) is 5.69. The molecule has 0 spiro atoms. The number of hydrogen-bond donors (Lipinski definition) is 0. The topological polar surface area (TPSA) is 18.1 Å². The lowest BCUT2D eigenvalue weighted by Crippen LogP contribution is -2.07. The van der Waals surface area contributed by atoms with E-state index in [9.17, 15) is 0 Å². The number of rotatable bonds is 3. The minimum atomic E-state index is 0.287. The van der Waals surface area contributed by atoms with Crippen LogP contribution < -0.4 is 0 Å². The van der Waals surface area contributed by atoms with Crippen LogP contribution in [0.15, 0.2) is 168 Å². The van der Waals surface area contributed by atoms with Gasteiger partial charge in [0.05, 0.1) is 5.52 Å². The van der Waals surface area contributed by atoms with Crippen molar-refractivity contribution in [3.63, 3.8) is 0 Å². The van der Waals surface area contributed by atoms with Crippen LogP contribution in [0.2, 0.25) is 0 Å². The zero-order valence-electron chi connectivity index (χ0n) is 27.3. The Morgan fingerprint density at radius 1 is 0.460 bits per heavy atom. The number of hydrogen-bond acceptors (Lipinski definition) is 1. The quantitative estimate of drug-likeness (QED) is 0.176. The Bertz CT molecular complexity index is 2990. The van der Waals surface area contributed by atoms with Gasteiger partial charge in [0, 0.05) is 33.5 Å². The smallest absolute Gasteiger partial charge is 0.135 e. The summed E-state index contributed by atoms with van der Waals surface area (Å²) in [6, 6.07) is 57.5. The highest BCUT2D eigenvalue weighted by Gasteiger charge is 2.24. The Hall–Kier alpha value is -6.38. The van der Waals surface area contributed by atoms with E-state index in [1.807, 2.05) is 6.07 Å². The first-order chi connectivity index (χ1) is 24.8. The summed E-state index contributed by atoms with van der Waals surface area (Å²) in [5, 5.41) is 11.5. The molecular formula is C48H31NO. The van der Waals surface area contributed by atoms with Crippen LogP contribution >= 0.6 is 0 Å². The van der Waals surface area contributed by atoms with E-state index in [1.165, 1.54) is 87.6 Å². The molecule has 0 radical (unpaired) electrons. The third-order valence-corrected chi connectivity index (χ3v) is 10.9. The largest absolute Gasteiger partial charge is 0.456 e. The van der Waals surface area contributed by atoms with E-state index in [4.69, 9.17) is 4.42 Å². The fraction of sp³-hybridized carbons (Fsp3) is 0.0417. The summed E-state index contributed by atoms with van der Waals surface area (Å²) in [6.45, 7) is 0. The number of aromatic nitrogens is 1. The zero-order chi connectivity index (χ0) is 32.8. The van der Waals surface area contributed by atoms with Crippen molar-refractivity contribution in [2.75, 3.05) is 0 Å². The Morgan fingerprint density at radius 3 is 1.90 bits per heavy atom. The minimum absolute atomic E-state index is 0.287. The van der Waals surface area contributed by atoms with Crippen molar-refractivity contribution in [3.8, 4) is 16.8 Å². The second kappa shape index (κ2) is 10.6. The third-order valence-electron chi connectivity index (χ3n) is 10.9. The van der Waals surface area contributed by atoms with Crippen LogP contribution in [0, 0.1) is 0 Å².